The average Bonchev–Trinajstić information content (AvgIpc) is 3.01. The smallest absolute Gasteiger partial charge is 0.317 e. The van der Waals surface area contributed by atoms with E-state index in [-0.39, 0.29) is 58.9 Å². The molecule has 1 aromatic carbocycles. The van der Waals surface area contributed by atoms with Gasteiger partial charge >= 0.3 is 23.9 Å². The van der Waals surface area contributed by atoms with Crippen LogP contribution in [-0.4, -0.2) is 155 Å². The van der Waals surface area contributed by atoms with Crippen molar-refractivity contribution in [3.05, 3.63) is 35.9 Å². The Morgan fingerprint density at radius 1 is 0.653 bits per heavy atom. The molecule has 9 N–H and O–H groups in total. The number of hydrazine groups is 1. The van der Waals surface area contributed by atoms with Gasteiger partial charge in [-0.25, -0.2) is 0 Å². The molecule has 1 aromatic rings. The number of carboxylic acids is 4. The minimum absolute atomic E-state index is 0.0398. The Morgan fingerprint density at radius 2 is 1.16 bits per heavy atom. The lowest BCUT2D eigenvalue weighted by Crippen LogP contribution is -2.50. The van der Waals surface area contributed by atoms with Crippen LogP contribution in [0.3, 0.4) is 0 Å². The second-order valence-electron chi connectivity index (χ2n) is 11.1. The lowest BCUT2D eigenvalue weighted by molar-refractivity contribution is -0.143. The molecule has 3 amide bonds. The molecule has 0 aliphatic rings. The van der Waals surface area contributed by atoms with Gasteiger partial charge in [0.1, 0.15) is 6.04 Å². The van der Waals surface area contributed by atoms with Crippen molar-refractivity contribution in [2.24, 2.45) is 5.73 Å². The topological polar surface area (TPSA) is 281 Å². The number of ether oxygens (including phenoxy) is 1. The summed E-state index contributed by atoms with van der Waals surface area (Å²) in [6.45, 7) is -1.92. The number of hydrogen-bond acceptors (Lipinski definition) is 12. The summed E-state index contributed by atoms with van der Waals surface area (Å²) in [6.07, 6.45) is 1.65. The number of carbonyl (C=O) groups excluding carboxylic acids is 3. The Hall–Kier alpha value is -4.69. The summed E-state index contributed by atoms with van der Waals surface area (Å²) in [5.74, 6) is -6.43. The Labute approximate surface area is 283 Å². The Kier molecular flexibility index (Phi) is 21.1. The van der Waals surface area contributed by atoms with Gasteiger partial charge in [-0.2, -0.15) is 0 Å². The van der Waals surface area contributed by atoms with Crippen molar-refractivity contribution in [2.45, 2.75) is 38.3 Å². The molecule has 0 unspecified atom stereocenters. The van der Waals surface area contributed by atoms with Crippen LogP contribution in [0.5, 0.6) is 0 Å². The van der Waals surface area contributed by atoms with Crippen LogP contribution >= 0.6 is 0 Å². The molecule has 19 nitrogen and oxygen atoms in total. The number of carboxylic acid groups (broad SMARTS) is 4. The van der Waals surface area contributed by atoms with Crippen LogP contribution < -0.4 is 21.9 Å². The molecule has 0 aromatic heterocycles. The van der Waals surface area contributed by atoms with Crippen molar-refractivity contribution in [3.8, 4) is 0 Å². The van der Waals surface area contributed by atoms with E-state index in [1.165, 1.54) is 0 Å². The van der Waals surface area contributed by atoms with E-state index < -0.39 is 73.8 Å². The van der Waals surface area contributed by atoms with Gasteiger partial charge in [-0.3, -0.25) is 59.1 Å². The van der Waals surface area contributed by atoms with Crippen LogP contribution in [0, 0.1) is 0 Å². The predicted octanol–water partition coefficient (Wildman–Crippen LogP) is -2.40. The fraction of sp³-hybridized carbons (Fsp3) is 0.567. The fourth-order valence-corrected chi connectivity index (χ4v) is 4.34. The summed E-state index contributed by atoms with van der Waals surface area (Å²) in [6, 6.07) is 8.36. The Bertz CT molecular complexity index is 1150. The number of nitrogens with two attached hydrogens (primary N) is 1. The summed E-state index contributed by atoms with van der Waals surface area (Å²) in [7, 11) is 0. The highest BCUT2D eigenvalue weighted by atomic mass is 16.5. The second kappa shape index (κ2) is 24.5. The first-order chi connectivity index (χ1) is 23.2. The maximum Gasteiger partial charge on any atom is 0.317 e. The summed E-state index contributed by atoms with van der Waals surface area (Å²) in [4.78, 5) is 85.2. The van der Waals surface area contributed by atoms with Crippen LogP contribution in [0.25, 0.3) is 0 Å². The van der Waals surface area contributed by atoms with Gasteiger partial charge in [0.25, 0.3) is 5.91 Å². The van der Waals surface area contributed by atoms with Crippen molar-refractivity contribution in [1.82, 2.24) is 30.9 Å². The maximum atomic E-state index is 12.7. The van der Waals surface area contributed by atoms with E-state index in [4.69, 9.17) is 30.9 Å². The van der Waals surface area contributed by atoms with Crippen LogP contribution in [0.1, 0.15) is 31.2 Å². The molecule has 274 valence electrons. The normalized spacial score (nSPS) is 11.7. The number of benzene rings is 1. The first-order valence-electron chi connectivity index (χ1n) is 15.5. The van der Waals surface area contributed by atoms with Gasteiger partial charge in [0.2, 0.25) is 11.8 Å². The van der Waals surface area contributed by atoms with Crippen molar-refractivity contribution in [1.29, 1.82) is 0 Å². The van der Waals surface area contributed by atoms with Gasteiger partial charge < -0.3 is 36.2 Å². The Balaban J connectivity index is 2.45. The number of unbranched alkanes of at least 4 members (excludes halogenated alkanes) is 2. The molecule has 0 aliphatic carbocycles. The third-order valence-electron chi connectivity index (χ3n) is 6.74. The van der Waals surface area contributed by atoms with E-state index in [1.54, 1.807) is 4.90 Å². The van der Waals surface area contributed by atoms with E-state index in [2.05, 4.69) is 16.2 Å². The fourth-order valence-electron chi connectivity index (χ4n) is 4.34. The average molecular weight is 698 g/mol. The minimum atomic E-state index is -1.24. The molecule has 0 bridgehead atoms. The van der Waals surface area contributed by atoms with Crippen molar-refractivity contribution < 1.29 is 58.7 Å². The predicted molar refractivity (Wildman–Crippen MR) is 172 cm³/mol. The highest BCUT2D eigenvalue weighted by Gasteiger charge is 2.20. The van der Waals surface area contributed by atoms with Gasteiger partial charge in [-0.15, -0.1) is 0 Å². The lowest BCUT2D eigenvalue weighted by Gasteiger charge is -2.28. The van der Waals surface area contributed by atoms with Crippen molar-refractivity contribution in [2.75, 3.05) is 72.1 Å². The van der Waals surface area contributed by atoms with E-state index >= 15 is 0 Å². The molecule has 0 heterocycles. The molecular formula is C30H47N7O12. The summed E-state index contributed by atoms with van der Waals surface area (Å²) in [5.41, 5.74) is 11.3. The van der Waals surface area contributed by atoms with Crippen molar-refractivity contribution >= 4 is 41.6 Å². The number of aliphatic carboxylic acids is 4. The van der Waals surface area contributed by atoms with Gasteiger partial charge in [-0.05, 0) is 18.4 Å². The monoisotopic (exact) mass is 697 g/mol. The number of hydrogen-bond donors (Lipinski definition) is 8. The second-order valence-corrected chi connectivity index (χ2v) is 11.1. The first kappa shape index (κ1) is 42.3. The van der Waals surface area contributed by atoms with Crippen molar-refractivity contribution in [3.63, 3.8) is 0 Å². The number of rotatable bonds is 27. The third-order valence-corrected chi connectivity index (χ3v) is 6.74. The summed E-state index contributed by atoms with van der Waals surface area (Å²) < 4.78 is 5.43. The van der Waals surface area contributed by atoms with Gasteiger partial charge in [0.15, 0.2) is 0 Å². The standard InChI is InChI=1S/C30H47N7O12/c31-23(21-49-20-22-7-3-1-4-8-22)30(48)34-33-24(38)9-5-2-6-10-32-25(39)15-35(11-13-36(16-26(40)41)17-27(42)43)12-14-37(18-28(44)45)19-29(46)47/h1,3-4,7-8,23H,2,5-6,9-21,31H2,(H,32,39)(H,33,38)(H,34,48)(H,40,41)(H,42,43)(H,44,45)(H,46,47)/t23-/m1/s1. The zero-order valence-electron chi connectivity index (χ0n) is 27.3. The largest absolute Gasteiger partial charge is 0.480 e. The van der Waals surface area contributed by atoms with Gasteiger partial charge in [-0.1, -0.05) is 36.8 Å². The number of nitrogens with one attached hydrogen (secondary N) is 3. The number of nitrogens with zero attached hydrogens (tertiary/aromatic N) is 3. The summed E-state index contributed by atoms with van der Waals surface area (Å²) >= 11 is 0. The zero-order chi connectivity index (χ0) is 36.6. The highest BCUT2D eigenvalue weighted by Crippen LogP contribution is 2.02. The summed E-state index contributed by atoms with van der Waals surface area (Å²) in [5, 5.41) is 39.1. The molecule has 0 fully saturated rings. The highest BCUT2D eigenvalue weighted by molar-refractivity contribution is 5.85. The molecule has 0 aliphatic heterocycles. The molecule has 0 saturated carbocycles. The first-order valence-corrected chi connectivity index (χ1v) is 15.5. The molecular weight excluding hydrogens is 650 g/mol. The molecule has 0 radical (unpaired) electrons. The van der Waals surface area contributed by atoms with Crippen LogP contribution in [0.2, 0.25) is 0 Å². The molecule has 0 spiro atoms. The van der Waals surface area contributed by atoms with Crippen LogP contribution in [-0.2, 0) is 44.9 Å². The number of carbonyl (C=O) groups is 7. The van der Waals surface area contributed by atoms with Crippen LogP contribution in [0.15, 0.2) is 30.3 Å². The lowest BCUT2D eigenvalue weighted by atomic mass is 10.2. The van der Waals surface area contributed by atoms with E-state index in [0.29, 0.717) is 19.3 Å². The third kappa shape index (κ3) is 22.5. The minimum Gasteiger partial charge on any atom is -0.480 e. The molecule has 1 atom stereocenters. The number of amides is 3. The van der Waals surface area contributed by atoms with Gasteiger partial charge in [0, 0.05) is 39.1 Å². The molecule has 19 heteroatoms. The van der Waals surface area contributed by atoms with Crippen LogP contribution in [0.4, 0.5) is 0 Å². The molecule has 1 rings (SSSR count). The quantitative estimate of drug-likeness (QED) is 0.0351. The SMILES string of the molecule is N[C@H](COCc1ccccc1)C(=O)NNC(=O)CCCCCNC(=O)CN(CCN(CC(=O)O)CC(=O)O)CCN(CC(=O)O)CC(=O)O. The van der Waals surface area contributed by atoms with E-state index in [1.807, 2.05) is 30.3 Å². The van der Waals surface area contributed by atoms with E-state index in [9.17, 15) is 33.6 Å². The zero-order valence-corrected chi connectivity index (χ0v) is 27.3. The molecule has 49 heavy (non-hydrogen) atoms. The Morgan fingerprint density at radius 3 is 1.67 bits per heavy atom. The van der Waals surface area contributed by atoms with Gasteiger partial charge in [0.05, 0.1) is 45.9 Å². The molecule has 0 saturated heterocycles. The maximum absolute atomic E-state index is 12.7. The van der Waals surface area contributed by atoms with E-state index in [0.717, 1.165) is 15.4 Å².